The summed E-state index contributed by atoms with van der Waals surface area (Å²) in [6.07, 6.45) is -0.372. The van der Waals surface area contributed by atoms with E-state index in [1.165, 1.54) is 13.8 Å². The average molecular weight is 390 g/mol. The van der Waals surface area contributed by atoms with Gasteiger partial charge in [0.25, 0.3) is 0 Å². The lowest BCUT2D eigenvalue weighted by Gasteiger charge is -2.21. The molecule has 0 saturated carbocycles. The molecule has 0 aromatic carbocycles. The van der Waals surface area contributed by atoms with Gasteiger partial charge in [0.05, 0.1) is 0 Å². The Balaban J connectivity index is 5.08. The predicted octanol–water partition coefficient (Wildman–Crippen LogP) is -0.633. The average Bonchev–Trinajstić information content (AvgIpc) is 2.52. The number of Topliss-reactive ketones (excluding diaryl/α,β-unsaturated/α-hetero) is 1. The Morgan fingerprint density at radius 1 is 0.923 bits per heavy atom. The Bertz CT molecular complexity index is 578. The van der Waals surface area contributed by atoms with Gasteiger partial charge in [0, 0.05) is 18.8 Å². The summed E-state index contributed by atoms with van der Waals surface area (Å²) in [6.45, 7) is 2.75. The quantitative estimate of drug-likeness (QED) is 0.217. The van der Waals surface area contributed by atoms with Gasteiger partial charge in [-0.05, 0) is 19.8 Å². The molecule has 0 aliphatic heterocycles. The number of amides is 2. The molecule has 0 radical (unpaired) electrons. The van der Waals surface area contributed by atoms with Gasteiger partial charge in [0.1, 0.15) is 11.8 Å². The fourth-order valence-corrected chi connectivity index (χ4v) is 2.05. The summed E-state index contributed by atoms with van der Waals surface area (Å²) in [5, 5.41) is 20.7. The van der Waals surface area contributed by atoms with Gasteiger partial charge in [-0.3, -0.25) is 19.2 Å². The van der Waals surface area contributed by atoms with Crippen LogP contribution in [0.2, 0.25) is 0 Å². The summed E-state index contributed by atoms with van der Waals surface area (Å²) < 4.78 is 0. The molecule has 0 fully saturated rings. The first-order chi connectivity index (χ1) is 12.0. The molecule has 0 aliphatic rings. The Kier molecular flexibility index (Phi) is 10.2. The molecule has 0 aromatic heterocycles. The fourth-order valence-electron chi connectivity index (χ4n) is 1.87. The van der Waals surface area contributed by atoms with Crippen molar-refractivity contribution >= 4 is 47.3 Å². The number of aliphatic carboxylic acids is 2. The van der Waals surface area contributed by atoms with Crippen molar-refractivity contribution in [3.63, 3.8) is 0 Å². The summed E-state index contributed by atoms with van der Waals surface area (Å²) in [5.41, 5.74) is 0. The predicted molar refractivity (Wildman–Crippen MR) is 91.4 cm³/mol. The number of carboxylic acid groups (broad SMARTS) is 2. The zero-order chi connectivity index (χ0) is 20.4. The molecule has 11 heteroatoms. The lowest BCUT2D eigenvalue weighted by molar-refractivity contribution is -0.144. The molecule has 0 aromatic rings. The van der Waals surface area contributed by atoms with Crippen molar-refractivity contribution in [2.75, 3.05) is 0 Å². The van der Waals surface area contributed by atoms with Gasteiger partial charge in [-0.25, -0.2) is 4.79 Å². The van der Waals surface area contributed by atoms with Crippen LogP contribution in [0, 0.1) is 5.92 Å². The van der Waals surface area contributed by atoms with Gasteiger partial charge >= 0.3 is 11.9 Å². The number of hydrogen-bond donors (Lipinski definition) is 5. The van der Waals surface area contributed by atoms with Crippen LogP contribution in [0.15, 0.2) is 0 Å². The normalized spacial score (nSPS) is 13.8. The second-order valence-corrected chi connectivity index (χ2v) is 6.19. The van der Waals surface area contributed by atoms with E-state index in [1.807, 2.05) is 5.32 Å². The number of carbonyl (C=O) groups is 6. The topological polar surface area (TPSA) is 167 Å². The highest BCUT2D eigenvalue weighted by molar-refractivity contribution is 7.96. The number of ketones is 1. The van der Waals surface area contributed by atoms with Crippen LogP contribution in [0.3, 0.4) is 0 Å². The van der Waals surface area contributed by atoms with Crippen LogP contribution in [-0.4, -0.2) is 56.9 Å². The van der Waals surface area contributed by atoms with E-state index in [-0.39, 0.29) is 31.5 Å². The van der Waals surface area contributed by atoms with Gasteiger partial charge in [-0.1, -0.05) is 6.92 Å². The summed E-state index contributed by atoms with van der Waals surface area (Å²) >= 11 is 3.38. The summed E-state index contributed by atoms with van der Waals surface area (Å²) in [5.74, 6) is -5.26. The molecule has 3 atom stereocenters. The van der Waals surface area contributed by atoms with Crippen LogP contribution in [0.5, 0.6) is 0 Å². The molecule has 0 aliphatic carbocycles. The maximum absolute atomic E-state index is 12.2. The van der Waals surface area contributed by atoms with Gasteiger partial charge in [0.2, 0.25) is 16.9 Å². The maximum atomic E-state index is 12.2. The van der Waals surface area contributed by atoms with Gasteiger partial charge in [0.15, 0.2) is 6.04 Å². The Morgan fingerprint density at radius 2 is 1.50 bits per heavy atom. The molecule has 0 saturated heterocycles. The molecule has 0 bridgehead atoms. The van der Waals surface area contributed by atoms with Gasteiger partial charge < -0.3 is 25.6 Å². The molecule has 146 valence electrons. The number of hydrogen-bond acceptors (Lipinski definition) is 6. The van der Waals surface area contributed by atoms with Crippen LogP contribution < -0.4 is 10.6 Å². The lowest BCUT2D eigenvalue weighted by Crippen LogP contribution is -2.54. The minimum atomic E-state index is -1.90. The van der Waals surface area contributed by atoms with E-state index in [4.69, 9.17) is 10.2 Å². The molecular weight excluding hydrogens is 368 g/mol. The largest absolute Gasteiger partial charge is 0.481 e. The van der Waals surface area contributed by atoms with E-state index < -0.39 is 46.9 Å². The second-order valence-electron chi connectivity index (χ2n) is 5.75. The molecule has 0 rings (SSSR count). The first-order valence-electron chi connectivity index (χ1n) is 7.73. The van der Waals surface area contributed by atoms with Crippen molar-refractivity contribution in [3.05, 3.63) is 0 Å². The molecule has 10 nitrogen and oxygen atoms in total. The van der Waals surface area contributed by atoms with E-state index >= 15 is 0 Å². The monoisotopic (exact) mass is 390 g/mol. The lowest BCUT2D eigenvalue weighted by atomic mass is 10.0. The number of carbonyl (C=O) groups excluding carboxylic acids is 4. The summed E-state index contributed by atoms with van der Waals surface area (Å²) in [7, 11) is 0. The van der Waals surface area contributed by atoms with Crippen molar-refractivity contribution < 1.29 is 39.0 Å². The van der Waals surface area contributed by atoms with E-state index in [9.17, 15) is 28.8 Å². The highest BCUT2D eigenvalue weighted by Crippen LogP contribution is 2.08. The van der Waals surface area contributed by atoms with Crippen LogP contribution in [0.25, 0.3) is 0 Å². The molecule has 0 heterocycles. The molecule has 4 N–H and O–H groups in total. The third kappa shape index (κ3) is 9.16. The smallest absolute Gasteiger partial charge is 0.335 e. The van der Waals surface area contributed by atoms with Crippen molar-refractivity contribution in [2.24, 2.45) is 5.92 Å². The minimum Gasteiger partial charge on any atom is -0.481 e. The molecule has 26 heavy (non-hydrogen) atoms. The first-order valence-corrected chi connectivity index (χ1v) is 8.18. The Labute approximate surface area is 155 Å². The zero-order valence-corrected chi connectivity index (χ0v) is 15.2. The second kappa shape index (κ2) is 11.2. The van der Waals surface area contributed by atoms with E-state index in [2.05, 4.69) is 17.9 Å². The third-order valence-corrected chi connectivity index (χ3v) is 3.70. The molecular formula is C15H22N2O8S. The van der Waals surface area contributed by atoms with Crippen molar-refractivity contribution in [3.8, 4) is 0 Å². The summed E-state index contributed by atoms with van der Waals surface area (Å²) in [4.78, 5) is 68.1. The zero-order valence-electron chi connectivity index (χ0n) is 14.4. The maximum Gasteiger partial charge on any atom is 0.335 e. The van der Waals surface area contributed by atoms with Crippen LogP contribution >= 0.6 is 12.6 Å². The molecule has 2 amide bonds. The fraction of sp³-hybridized carbons (Fsp3) is 0.600. The van der Waals surface area contributed by atoms with E-state index in [0.717, 1.165) is 0 Å². The number of carboxylic acids is 2. The summed E-state index contributed by atoms with van der Waals surface area (Å²) in [6, 6.07) is -3.15. The highest BCUT2D eigenvalue weighted by Gasteiger charge is 2.30. The van der Waals surface area contributed by atoms with Crippen molar-refractivity contribution in [1.29, 1.82) is 0 Å². The number of rotatable bonds is 12. The van der Waals surface area contributed by atoms with Crippen LogP contribution in [0.1, 0.15) is 39.5 Å². The Morgan fingerprint density at radius 3 is 1.92 bits per heavy atom. The van der Waals surface area contributed by atoms with Crippen molar-refractivity contribution in [1.82, 2.24) is 10.6 Å². The van der Waals surface area contributed by atoms with Crippen molar-refractivity contribution in [2.45, 2.75) is 51.6 Å². The number of nitrogens with one attached hydrogen (secondary N) is 2. The van der Waals surface area contributed by atoms with Crippen LogP contribution in [-0.2, 0) is 28.8 Å². The van der Waals surface area contributed by atoms with Gasteiger partial charge in [-0.2, -0.15) is 0 Å². The standard InChI is InChI=1S/C15H22N2O8S/c1-7(3-6-10(19)20)12(21)16-9(5-4-8(2)18)13(22)17-11(14(23)24)15(25)26/h7,9,11H,3-6H2,1-2H3,(H,16,21)(H,17,22)(H,19,20)(H,23,24)(H,25,26)/t7-,9-,11+/m0/s1. The Hall–Kier alpha value is -2.43. The molecule has 0 spiro atoms. The highest BCUT2D eigenvalue weighted by atomic mass is 32.1. The van der Waals surface area contributed by atoms with Gasteiger partial charge in [-0.15, -0.1) is 12.6 Å². The SMILES string of the molecule is CC(=O)CC[C@H](NC(=O)[C@@H](C)CCC(=O)O)C(=O)N[C@H](C(=O)O)C(=O)S. The molecule has 0 unspecified atom stereocenters. The van der Waals surface area contributed by atoms with Crippen LogP contribution in [0.4, 0.5) is 0 Å². The first kappa shape index (κ1) is 23.6. The van der Waals surface area contributed by atoms with E-state index in [0.29, 0.717) is 0 Å². The minimum absolute atomic E-state index is 0.0368. The third-order valence-electron chi connectivity index (χ3n) is 3.44. The number of thiol groups is 1. The van der Waals surface area contributed by atoms with E-state index in [1.54, 1.807) is 0 Å².